The second kappa shape index (κ2) is 6.98. The number of aliphatic carboxylic acids is 1. The molecule has 2 unspecified atom stereocenters. The van der Waals surface area contributed by atoms with Gasteiger partial charge in [0.1, 0.15) is 0 Å². The number of nitrogens with zero attached hydrogens (tertiary/aromatic N) is 1. The Labute approximate surface area is 123 Å². The average molecular weight is 297 g/mol. The van der Waals surface area contributed by atoms with E-state index in [0.717, 1.165) is 32.0 Å². The van der Waals surface area contributed by atoms with Crippen molar-refractivity contribution in [1.82, 2.24) is 4.90 Å². The maximum Gasteiger partial charge on any atom is 0.303 e. The highest BCUT2D eigenvalue weighted by Gasteiger charge is 2.26. The van der Waals surface area contributed by atoms with E-state index < -0.39 is 17.6 Å². The molecule has 2 atom stereocenters. The van der Waals surface area contributed by atoms with Crippen LogP contribution in [-0.2, 0) is 11.3 Å². The van der Waals surface area contributed by atoms with Gasteiger partial charge in [0, 0.05) is 25.1 Å². The minimum atomic E-state index is -0.819. The molecule has 0 radical (unpaired) electrons. The third-order valence-corrected chi connectivity index (χ3v) is 4.27. The van der Waals surface area contributed by atoms with Crippen LogP contribution in [0.2, 0.25) is 0 Å². The van der Waals surface area contributed by atoms with Crippen molar-refractivity contribution in [1.29, 1.82) is 0 Å². The molecule has 1 aliphatic rings. The second-order valence-electron chi connectivity index (χ2n) is 5.93. The molecule has 1 aliphatic heterocycles. The molecule has 1 saturated heterocycles. The molecular formula is C16H21F2NO2. The van der Waals surface area contributed by atoms with Crippen molar-refractivity contribution in [3.8, 4) is 0 Å². The SMILES string of the molecule is CC(CC(=O)O)C1CCCN(Cc2cccc(F)c2F)C1. The third-order valence-electron chi connectivity index (χ3n) is 4.27. The number of benzene rings is 1. The summed E-state index contributed by atoms with van der Waals surface area (Å²) in [5.74, 6) is -1.98. The number of hydrogen-bond donors (Lipinski definition) is 1. The van der Waals surface area contributed by atoms with Gasteiger partial charge in [-0.1, -0.05) is 19.1 Å². The predicted octanol–water partition coefficient (Wildman–Crippen LogP) is 3.29. The Balaban J connectivity index is 1.98. The van der Waals surface area contributed by atoms with Crippen LogP contribution in [0.4, 0.5) is 8.78 Å². The quantitative estimate of drug-likeness (QED) is 0.906. The van der Waals surface area contributed by atoms with Gasteiger partial charge in [-0.25, -0.2) is 8.78 Å². The Morgan fingerprint density at radius 1 is 1.48 bits per heavy atom. The van der Waals surface area contributed by atoms with E-state index in [1.165, 1.54) is 6.07 Å². The number of halogens is 2. The van der Waals surface area contributed by atoms with Gasteiger partial charge in [0.05, 0.1) is 0 Å². The van der Waals surface area contributed by atoms with Crippen molar-refractivity contribution in [3.63, 3.8) is 0 Å². The van der Waals surface area contributed by atoms with E-state index in [9.17, 15) is 13.6 Å². The first-order valence-electron chi connectivity index (χ1n) is 7.34. The Morgan fingerprint density at radius 2 is 2.24 bits per heavy atom. The Hall–Kier alpha value is -1.49. The lowest BCUT2D eigenvalue weighted by molar-refractivity contribution is -0.138. The fourth-order valence-electron chi connectivity index (χ4n) is 3.05. The van der Waals surface area contributed by atoms with Gasteiger partial charge in [-0.15, -0.1) is 0 Å². The lowest BCUT2D eigenvalue weighted by Gasteiger charge is -2.35. The third kappa shape index (κ3) is 4.24. The van der Waals surface area contributed by atoms with Crippen LogP contribution in [-0.4, -0.2) is 29.1 Å². The van der Waals surface area contributed by atoms with E-state index >= 15 is 0 Å². The van der Waals surface area contributed by atoms with Crippen molar-refractivity contribution in [2.45, 2.75) is 32.7 Å². The number of carboxylic acid groups (broad SMARTS) is 1. The molecule has 0 aliphatic carbocycles. The van der Waals surface area contributed by atoms with Gasteiger partial charge in [-0.05, 0) is 37.3 Å². The molecule has 1 fully saturated rings. The van der Waals surface area contributed by atoms with E-state index in [1.807, 2.05) is 6.92 Å². The monoisotopic (exact) mass is 297 g/mol. The summed E-state index contributed by atoms with van der Waals surface area (Å²) in [4.78, 5) is 12.9. The van der Waals surface area contributed by atoms with Crippen LogP contribution in [0.25, 0.3) is 0 Å². The van der Waals surface area contributed by atoms with Crippen LogP contribution >= 0.6 is 0 Å². The number of hydrogen-bond acceptors (Lipinski definition) is 2. The van der Waals surface area contributed by atoms with Gasteiger partial charge in [0.2, 0.25) is 0 Å². The van der Waals surface area contributed by atoms with Crippen LogP contribution in [0.1, 0.15) is 31.7 Å². The largest absolute Gasteiger partial charge is 0.481 e. The Kier molecular flexibility index (Phi) is 5.28. The lowest BCUT2D eigenvalue weighted by atomic mass is 9.84. The summed E-state index contributed by atoms with van der Waals surface area (Å²) in [6.45, 7) is 3.90. The smallest absolute Gasteiger partial charge is 0.303 e. The Morgan fingerprint density at radius 3 is 2.95 bits per heavy atom. The summed E-state index contributed by atoms with van der Waals surface area (Å²) in [6.07, 6.45) is 2.12. The molecule has 116 valence electrons. The zero-order valence-corrected chi connectivity index (χ0v) is 12.2. The standard InChI is InChI=1S/C16H21F2NO2/c1-11(8-15(20)21)12-5-3-7-19(9-12)10-13-4-2-6-14(17)16(13)18/h2,4,6,11-12H,3,5,7-10H2,1H3,(H,20,21). The van der Waals surface area contributed by atoms with Gasteiger partial charge in [-0.3, -0.25) is 9.69 Å². The molecule has 0 amide bonds. The van der Waals surface area contributed by atoms with Crippen LogP contribution in [0.3, 0.4) is 0 Å². The fourth-order valence-corrected chi connectivity index (χ4v) is 3.05. The van der Waals surface area contributed by atoms with Gasteiger partial charge in [0.25, 0.3) is 0 Å². The van der Waals surface area contributed by atoms with Crippen molar-refractivity contribution in [3.05, 3.63) is 35.4 Å². The fraction of sp³-hybridized carbons (Fsp3) is 0.562. The van der Waals surface area contributed by atoms with Gasteiger partial charge in [0.15, 0.2) is 11.6 Å². The van der Waals surface area contributed by atoms with Gasteiger partial charge in [-0.2, -0.15) is 0 Å². The summed E-state index contributed by atoms with van der Waals surface area (Å²) in [6, 6.07) is 4.23. The topological polar surface area (TPSA) is 40.5 Å². The normalized spacial score (nSPS) is 21.2. The minimum absolute atomic E-state index is 0.0997. The first-order chi connectivity index (χ1) is 9.97. The predicted molar refractivity (Wildman–Crippen MR) is 75.8 cm³/mol. The highest BCUT2D eigenvalue weighted by molar-refractivity contribution is 5.67. The number of rotatable bonds is 5. The van der Waals surface area contributed by atoms with Crippen LogP contribution < -0.4 is 0 Å². The summed E-state index contributed by atoms with van der Waals surface area (Å²) in [5, 5.41) is 8.88. The molecule has 2 rings (SSSR count). The zero-order chi connectivity index (χ0) is 15.4. The lowest BCUT2D eigenvalue weighted by Crippen LogP contribution is -2.38. The van der Waals surface area contributed by atoms with Gasteiger partial charge >= 0.3 is 5.97 Å². The number of piperidine rings is 1. The molecular weight excluding hydrogens is 276 g/mol. The molecule has 1 heterocycles. The molecule has 0 spiro atoms. The van der Waals surface area contributed by atoms with Crippen LogP contribution in [0, 0.1) is 23.5 Å². The molecule has 21 heavy (non-hydrogen) atoms. The van der Waals surface area contributed by atoms with E-state index in [2.05, 4.69) is 4.90 Å². The number of carbonyl (C=O) groups is 1. The van der Waals surface area contributed by atoms with Crippen molar-refractivity contribution in [2.24, 2.45) is 11.8 Å². The molecule has 3 nitrogen and oxygen atoms in total. The highest BCUT2D eigenvalue weighted by Crippen LogP contribution is 2.27. The average Bonchev–Trinajstić information content (AvgIpc) is 2.43. The molecule has 1 N–H and O–H groups in total. The summed E-state index contributed by atoms with van der Waals surface area (Å²) < 4.78 is 26.9. The zero-order valence-electron chi connectivity index (χ0n) is 12.2. The summed E-state index contributed by atoms with van der Waals surface area (Å²) in [5.41, 5.74) is 0.363. The second-order valence-corrected chi connectivity index (χ2v) is 5.93. The van der Waals surface area contributed by atoms with Gasteiger partial charge < -0.3 is 5.11 Å². The van der Waals surface area contributed by atoms with Crippen molar-refractivity contribution >= 4 is 5.97 Å². The highest BCUT2D eigenvalue weighted by atomic mass is 19.2. The molecule has 0 bridgehead atoms. The maximum atomic E-state index is 13.7. The molecule has 0 aromatic heterocycles. The van der Waals surface area contributed by atoms with Crippen molar-refractivity contribution < 1.29 is 18.7 Å². The van der Waals surface area contributed by atoms with Crippen LogP contribution in [0.5, 0.6) is 0 Å². The van der Waals surface area contributed by atoms with E-state index in [0.29, 0.717) is 18.0 Å². The van der Waals surface area contributed by atoms with Crippen molar-refractivity contribution in [2.75, 3.05) is 13.1 Å². The first kappa shape index (κ1) is 15.9. The van der Waals surface area contributed by atoms with Crippen LogP contribution in [0.15, 0.2) is 18.2 Å². The number of carboxylic acids is 1. The van der Waals surface area contributed by atoms with E-state index in [4.69, 9.17) is 5.11 Å². The molecule has 5 heteroatoms. The maximum absolute atomic E-state index is 13.7. The first-order valence-corrected chi connectivity index (χ1v) is 7.34. The summed E-state index contributed by atoms with van der Waals surface area (Å²) >= 11 is 0. The number of likely N-dealkylation sites (tertiary alicyclic amines) is 1. The van der Waals surface area contributed by atoms with E-state index in [-0.39, 0.29) is 12.3 Å². The minimum Gasteiger partial charge on any atom is -0.481 e. The Bertz CT molecular complexity index is 507. The molecule has 1 aromatic rings. The summed E-state index contributed by atoms with van der Waals surface area (Å²) in [7, 11) is 0. The van der Waals surface area contributed by atoms with E-state index in [1.54, 1.807) is 6.07 Å². The molecule has 1 aromatic carbocycles. The molecule has 0 saturated carbocycles.